The lowest BCUT2D eigenvalue weighted by Crippen LogP contribution is -2.26. The number of hydrogen-bond acceptors (Lipinski definition) is 3. The fraction of sp³-hybridized carbons (Fsp3) is 0.364. The molecular formula is C11H12ClFO3. The molecule has 0 bridgehead atoms. The standard InChI is InChI=1S/C11H12ClFO3/c1-15-11(16-2)10(14)5-7-3-4-8(13)6-9(7)12/h3-4,6,11H,5H2,1-2H3. The van der Waals surface area contributed by atoms with Gasteiger partial charge in [-0.1, -0.05) is 17.7 Å². The summed E-state index contributed by atoms with van der Waals surface area (Å²) in [5.41, 5.74) is 0.548. The van der Waals surface area contributed by atoms with Gasteiger partial charge in [0.15, 0.2) is 5.78 Å². The maximum absolute atomic E-state index is 12.8. The first-order valence-electron chi connectivity index (χ1n) is 4.60. The Hall–Kier alpha value is -0.970. The van der Waals surface area contributed by atoms with Crippen molar-refractivity contribution in [2.24, 2.45) is 0 Å². The van der Waals surface area contributed by atoms with Crippen molar-refractivity contribution in [1.82, 2.24) is 0 Å². The molecule has 0 aliphatic heterocycles. The maximum Gasteiger partial charge on any atom is 0.217 e. The van der Waals surface area contributed by atoms with Gasteiger partial charge in [0.25, 0.3) is 0 Å². The van der Waals surface area contributed by atoms with Gasteiger partial charge in [0.1, 0.15) is 5.82 Å². The topological polar surface area (TPSA) is 35.5 Å². The summed E-state index contributed by atoms with van der Waals surface area (Å²) in [6.45, 7) is 0. The second kappa shape index (κ2) is 5.94. The summed E-state index contributed by atoms with van der Waals surface area (Å²) in [6, 6.07) is 3.89. The molecule has 5 heteroatoms. The molecule has 1 aromatic rings. The van der Waals surface area contributed by atoms with Crippen molar-refractivity contribution < 1.29 is 18.7 Å². The number of methoxy groups -OCH3 is 2. The van der Waals surface area contributed by atoms with E-state index < -0.39 is 12.1 Å². The van der Waals surface area contributed by atoms with E-state index in [1.165, 1.54) is 32.4 Å². The van der Waals surface area contributed by atoms with Crippen LogP contribution >= 0.6 is 11.6 Å². The van der Waals surface area contributed by atoms with Crippen LogP contribution in [0.1, 0.15) is 5.56 Å². The second-order valence-electron chi connectivity index (χ2n) is 3.18. The number of ketones is 1. The Labute approximate surface area is 98.1 Å². The van der Waals surface area contributed by atoms with Crippen molar-refractivity contribution in [1.29, 1.82) is 0 Å². The number of ether oxygens (including phenoxy) is 2. The lowest BCUT2D eigenvalue weighted by molar-refractivity contribution is -0.155. The highest BCUT2D eigenvalue weighted by Crippen LogP contribution is 2.18. The second-order valence-corrected chi connectivity index (χ2v) is 3.59. The molecule has 16 heavy (non-hydrogen) atoms. The van der Waals surface area contributed by atoms with E-state index in [2.05, 4.69) is 0 Å². The molecule has 3 nitrogen and oxygen atoms in total. The van der Waals surface area contributed by atoms with Crippen molar-refractivity contribution >= 4 is 17.4 Å². The lowest BCUT2D eigenvalue weighted by atomic mass is 10.1. The third-order valence-electron chi connectivity index (χ3n) is 2.07. The number of rotatable bonds is 5. The van der Waals surface area contributed by atoms with E-state index in [-0.39, 0.29) is 17.2 Å². The van der Waals surface area contributed by atoms with Crippen molar-refractivity contribution in [3.8, 4) is 0 Å². The van der Waals surface area contributed by atoms with Gasteiger partial charge in [0.2, 0.25) is 6.29 Å². The van der Waals surface area contributed by atoms with Crippen molar-refractivity contribution in [3.63, 3.8) is 0 Å². The van der Waals surface area contributed by atoms with Crippen LogP contribution in [0, 0.1) is 5.82 Å². The fourth-order valence-corrected chi connectivity index (χ4v) is 1.53. The minimum atomic E-state index is -0.916. The monoisotopic (exact) mass is 246 g/mol. The molecule has 0 amide bonds. The van der Waals surface area contributed by atoms with Crippen LogP contribution in [-0.4, -0.2) is 26.3 Å². The molecule has 0 saturated heterocycles. The average Bonchev–Trinajstić information content (AvgIpc) is 2.24. The maximum atomic E-state index is 12.8. The van der Waals surface area contributed by atoms with Crippen LogP contribution in [0.4, 0.5) is 4.39 Å². The van der Waals surface area contributed by atoms with Gasteiger partial charge in [-0.15, -0.1) is 0 Å². The van der Waals surface area contributed by atoms with Crippen LogP contribution in [0.5, 0.6) is 0 Å². The zero-order valence-electron chi connectivity index (χ0n) is 9.00. The third-order valence-corrected chi connectivity index (χ3v) is 2.42. The SMILES string of the molecule is COC(OC)C(=O)Cc1ccc(F)cc1Cl. The van der Waals surface area contributed by atoms with E-state index >= 15 is 0 Å². The van der Waals surface area contributed by atoms with E-state index in [1.807, 2.05) is 0 Å². The van der Waals surface area contributed by atoms with E-state index in [4.69, 9.17) is 21.1 Å². The molecule has 0 fully saturated rings. The number of carbonyl (C=O) groups is 1. The highest BCUT2D eigenvalue weighted by Gasteiger charge is 2.18. The van der Waals surface area contributed by atoms with Crippen LogP contribution in [-0.2, 0) is 20.7 Å². The normalized spacial score (nSPS) is 10.8. The van der Waals surface area contributed by atoms with Gasteiger partial charge in [-0.05, 0) is 17.7 Å². The number of hydrogen-bond donors (Lipinski definition) is 0. The zero-order valence-corrected chi connectivity index (χ0v) is 9.75. The van der Waals surface area contributed by atoms with Gasteiger partial charge >= 0.3 is 0 Å². The summed E-state index contributed by atoms with van der Waals surface area (Å²) < 4.78 is 22.4. The Bertz CT molecular complexity index is 377. The van der Waals surface area contributed by atoms with Gasteiger partial charge in [-0.25, -0.2) is 4.39 Å². The summed E-state index contributed by atoms with van der Waals surface area (Å²) in [7, 11) is 2.75. The molecule has 0 aliphatic carbocycles. The molecule has 0 heterocycles. The van der Waals surface area contributed by atoms with E-state index in [0.717, 1.165) is 0 Å². The Kier molecular flexibility index (Phi) is 4.86. The first-order chi connectivity index (χ1) is 7.58. The van der Waals surface area contributed by atoms with Crippen molar-refractivity contribution in [3.05, 3.63) is 34.6 Å². The zero-order chi connectivity index (χ0) is 12.1. The predicted molar refractivity (Wildman–Crippen MR) is 57.9 cm³/mol. The molecule has 0 N–H and O–H groups in total. The van der Waals surface area contributed by atoms with E-state index in [0.29, 0.717) is 5.56 Å². The molecule has 0 spiro atoms. The smallest absolute Gasteiger partial charge is 0.217 e. The van der Waals surface area contributed by atoms with Gasteiger partial charge in [-0.3, -0.25) is 4.79 Å². The predicted octanol–water partition coefficient (Wildman–Crippen LogP) is 2.21. The minimum absolute atomic E-state index is 0.0471. The Balaban J connectivity index is 2.76. The largest absolute Gasteiger partial charge is 0.349 e. The molecule has 0 atom stereocenters. The number of Topliss-reactive ketones (excluding diaryl/α,β-unsaturated/α-hetero) is 1. The Morgan fingerprint density at radius 1 is 1.44 bits per heavy atom. The molecule has 0 unspecified atom stereocenters. The molecule has 0 aliphatic rings. The summed E-state index contributed by atoms with van der Waals surface area (Å²) in [6.07, 6.45) is -0.869. The first-order valence-corrected chi connectivity index (χ1v) is 4.98. The van der Waals surface area contributed by atoms with Gasteiger partial charge < -0.3 is 9.47 Å². The Morgan fingerprint density at radius 2 is 2.06 bits per heavy atom. The minimum Gasteiger partial charge on any atom is -0.349 e. The van der Waals surface area contributed by atoms with Gasteiger partial charge in [-0.2, -0.15) is 0 Å². The average molecular weight is 247 g/mol. The highest BCUT2D eigenvalue weighted by molar-refractivity contribution is 6.31. The van der Waals surface area contributed by atoms with Gasteiger partial charge in [0, 0.05) is 25.7 Å². The molecule has 1 aromatic carbocycles. The number of halogens is 2. The lowest BCUT2D eigenvalue weighted by Gasteiger charge is -2.12. The number of benzene rings is 1. The molecule has 0 saturated carbocycles. The molecule has 1 rings (SSSR count). The molecule has 88 valence electrons. The summed E-state index contributed by atoms with van der Waals surface area (Å²) in [5.74, 6) is -0.699. The highest BCUT2D eigenvalue weighted by atomic mass is 35.5. The quantitative estimate of drug-likeness (QED) is 0.748. The van der Waals surface area contributed by atoms with Crippen LogP contribution in [0.25, 0.3) is 0 Å². The summed E-state index contributed by atoms with van der Waals surface area (Å²) in [5, 5.41) is 0.222. The van der Waals surface area contributed by atoms with Crippen LogP contribution < -0.4 is 0 Å². The Morgan fingerprint density at radius 3 is 2.56 bits per heavy atom. The van der Waals surface area contributed by atoms with Gasteiger partial charge in [0.05, 0.1) is 0 Å². The fourth-order valence-electron chi connectivity index (χ4n) is 1.30. The molecular weight excluding hydrogens is 235 g/mol. The first kappa shape index (κ1) is 13.1. The van der Waals surface area contributed by atoms with Crippen molar-refractivity contribution in [2.75, 3.05) is 14.2 Å². The van der Waals surface area contributed by atoms with Crippen LogP contribution in [0.15, 0.2) is 18.2 Å². The van der Waals surface area contributed by atoms with E-state index in [1.54, 1.807) is 0 Å². The van der Waals surface area contributed by atoms with Crippen LogP contribution in [0.2, 0.25) is 5.02 Å². The summed E-state index contributed by atoms with van der Waals surface area (Å²) in [4.78, 5) is 11.6. The van der Waals surface area contributed by atoms with E-state index in [9.17, 15) is 9.18 Å². The molecule has 0 radical (unpaired) electrons. The van der Waals surface area contributed by atoms with Crippen LogP contribution in [0.3, 0.4) is 0 Å². The number of carbonyl (C=O) groups excluding carboxylic acids is 1. The third kappa shape index (κ3) is 3.27. The van der Waals surface area contributed by atoms with Crippen molar-refractivity contribution in [2.45, 2.75) is 12.7 Å². The summed E-state index contributed by atoms with van der Waals surface area (Å²) >= 11 is 5.79. The molecule has 0 aromatic heterocycles.